The van der Waals surface area contributed by atoms with Gasteiger partial charge in [-0.05, 0) is 25.7 Å². The molecule has 1 aromatic heterocycles. The number of nitrogens with two attached hydrogens (primary N) is 1. The Morgan fingerprint density at radius 1 is 1.45 bits per heavy atom. The molecule has 20 heavy (non-hydrogen) atoms. The van der Waals surface area contributed by atoms with E-state index in [-0.39, 0.29) is 28.9 Å². The van der Waals surface area contributed by atoms with Crippen LogP contribution >= 0.6 is 0 Å². The van der Waals surface area contributed by atoms with Crippen LogP contribution in [0.3, 0.4) is 0 Å². The summed E-state index contributed by atoms with van der Waals surface area (Å²) in [7, 11) is -3.90. The highest BCUT2D eigenvalue weighted by molar-refractivity contribution is 7.89. The van der Waals surface area contributed by atoms with Gasteiger partial charge in [-0.3, -0.25) is 0 Å². The summed E-state index contributed by atoms with van der Waals surface area (Å²) in [6, 6.07) is 1.09. The predicted octanol–water partition coefficient (Wildman–Crippen LogP) is 0.819. The maximum absolute atomic E-state index is 11.8. The first kappa shape index (κ1) is 15.0. The number of hydrogen-bond donors (Lipinski definition) is 1. The van der Waals surface area contributed by atoms with E-state index in [4.69, 9.17) is 19.0 Å². The van der Waals surface area contributed by atoms with Crippen LogP contribution in [0.2, 0.25) is 0 Å². The number of carbonyl (C=O) groups excluding carboxylic acids is 1. The number of primary sulfonamides is 1. The van der Waals surface area contributed by atoms with Crippen molar-refractivity contribution in [2.24, 2.45) is 11.1 Å². The lowest BCUT2D eigenvalue weighted by Crippen LogP contribution is -2.21. The molecule has 1 fully saturated rings. The monoisotopic (exact) mass is 303 g/mol. The van der Waals surface area contributed by atoms with Gasteiger partial charge in [-0.2, -0.15) is 0 Å². The highest BCUT2D eigenvalue weighted by Crippen LogP contribution is 2.20. The number of aryl methyl sites for hydroxylation is 1. The highest BCUT2D eigenvalue weighted by atomic mass is 32.2. The molecule has 0 saturated carbocycles. The smallest absolute Gasteiger partial charge is 0.374 e. The van der Waals surface area contributed by atoms with Crippen molar-refractivity contribution in [2.75, 3.05) is 19.8 Å². The number of hydrogen-bond acceptors (Lipinski definition) is 6. The van der Waals surface area contributed by atoms with Crippen LogP contribution in [-0.2, 0) is 19.5 Å². The second kappa shape index (κ2) is 5.94. The van der Waals surface area contributed by atoms with Gasteiger partial charge in [0, 0.05) is 19.3 Å². The summed E-state index contributed by atoms with van der Waals surface area (Å²) in [4.78, 5) is 11.6. The van der Waals surface area contributed by atoms with E-state index in [1.54, 1.807) is 0 Å². The van der Waals surface area contributed by atoms with Gasteiger partial charge in [0.05, 0.1) is 6.61 Å². The standard InChI is InChI=1S/C12H17NO6S/c1-8-11(20(13,15)16)6-10(19-8)12(14)18-7-9-2-4-17-5-3-9/h6,9H,2-5,7H2,1H3,(H2,13,15,16). The zero-order valence-electron chi connectivity index (χ0n) is 11.1. The van der Waals surface area contributed by atoms with E-state index in [0.717, 1.165) is 18.9 Å². The third kappa shape index (κ3) is 3.59. The molecule has 1 aliphatic heterocycles. The summed E-state index contributed by atoms with van der Waals surface area (Å²) < 4.78 is 37.9. The Balaban J connectivity index is 1.99. The minimum Gasteiger partial charge on any atom is -0.460 e. The first-order valence-electron chi connectivity index (χ1n) is 6.26. The molecule has 0 spiro atoms. The molecule has 0 aliphatic carbocycles. The summed E-state index contributed by atoms with van der Waals surface area (Å²) in [5, 5.41) is 5.01. The minimum atomic E-state index is -3.90. The van der Waals surface area contributed by atoms with Crippen molar-refractivity contribution >= 4 is 16.0 Å². The van der Waals surface area contributed by atoms with Gasteiger partial charge in [0.1, 0.15) is 10.7 Å². The molecular formula is C12H17NO6S. The molecule has 8 heteroatoms. The molecule has 2 N–H and O–H groups in total. The molecule has 0 amide bonds. The molecule has 0 atom stereocenters. The van der Waals surface area contributed by atoms with E-state index >= 15 is 0 Å². The Morgan fingerprint density at radius 3 is 2.65 bits per heavy atom. The third-order valence-electron chi connectivity index (χ3n) is 3.17. The van der Waals surface area contributed by atoms with E-state index in [1.165, 1.54) is 6.92 Å². The molecule has 1 aromatic rings. The number of esters is 1. The third-order valence-corrected chi connectivity index (χ3v) is 4.19. The molecule has 1 saturated heterocycles. The lowest BCUT2D eigenvalue weighted by Gasteiger charge is -2.21. The summed E-state index contributed by atoms with van der Waals surface area (Å²) in [6.07, 6.45) is 1.68. The van der Waals surface area contributed by atoms with Crippen molar-refractivity contribution < 1.29 is 27.1 Å². The number of furan rings is 1. The molecule has 0 radical (unpaired) electrons. The zero-order chi connectivity index (χ0) is 14.8. The molecular weight excluding hydrogens is 286 g/mol. The number of ether oxygens (including phenoxy) is 2. The zero-order valence-corrected chi connectivity index (χ0v) is 11.9. The molecule has 0 aromatic carbocycles. The van der Waals surface area contributed by atoms with Gasteiger partial charge in [0.15, 0.2) is 0 Å². The van der Waals surface area contributed by atoms with E-state index < -0.39 is 16.0 Å². The predicted molar refractivity (Wildman–Crippen MR) is 68.6 cm³/mol. The summed E-state index contributed by atoms with van der Waals surface area (Å²) >= 11 is 0. The van der Waals surface area contributed by atoms with Crippen molar-refractivity contribution in [2.45, 2.75) is 24.7 Å². The molecule has 112 valence electrons. The normalized spacial score (nSPS) is 17.1. The largest absolute Gasteiger partial charge is 0.460 e. The second-order valence-electron chi connectivity index (χ2n) is 4.73. The molecule has 0 unspecified atom stereocenters. The van der Waals surface area contributed by atoms with E-state index in [0.29, 0.717) is 13.2 Å². The maximum atomic E-state index is 11.8. The van der Waals surface area contributed by atoms with Gasteiger partial charge in [-0.15, -0.1) is 0 Å². The number of carbonyl (C=O) groups is 1. The van der Waals surface area contributed by atoms with Crippen LogP contribution < -0.4 is 5.14 Å². The van der Waals surface area contributed by atoms with Crippen LogP contribution in [0.25, 0.3) is 0 Å². The fourth-order valence-corrected chi connectivity index (χ4v) is 2.74. The van der Waals surface area contributed by atoms with Crippen molar-refractivity contribution in [3.63, 3.8) is 0 Å². The average Bonchev–Trinajstić information content (AvgIpc) is 2.79. The fraction of sp³-hybridized carbons (Fsp3) is 0.583. The summed E-state index contributed by atoms with van der Waals surface area (Å²) in [5.74, 6) is -0.500. The first-order valence-corrected chi connectivity index (χ1v) is 7.80. The van der Waals surface area contributed by atoms with E-state index in [1.807, 2.05) is 0 Å². The van der Waals surface area contributed by atoms with Gasteiger partial charge >= 0.3 is 5.97 Å². The average molecular weight is 303 g/mol. The number of rotatable bonds is 4. The van der Waals surface area contributed by atoms with Crippen molar-refractivity contribution in [1.82, 2.24) is 0 Å². The van der Waals surface area contributed by atoms with E-state index in [2.05, 4.69) is 0 Å². The van der Waals surface area contributed by atoms with Crippen LogP contribution in [0.4, 0.5) is 0 Å². The first-order chi connectivity index (χ1) is 9.38. The minimum absolute atomic E-state index is 0.0746. The van der Waals surface area contributed by atoms with Crippen molar-refractivity contribution in [3.05, 3.63) is 17.6 Å². The molecule has 0 bridgehead atoms. The Bertz CT molecular complexity index is 585. The summed E-state index contributed by atoms with van der Waals surface area (Å²) in [5.41, 5.74) is 0. The van der Waals surface area contributed by atoms with Crippen LogP contribution in [-0.4, -0.2) is 34.2 Å². The van der Waals surface area contributed by atoms with Crippen LogP contribution in [0.15, 0.2) is 15.4 Å². The van der Waals surface area contributed by atoms with Crippen LogP contribution in [0.1, 0.15) is 29.2 Å². The maximum Gasteiger partial charge on any atom is 0.374 e. The number of sulfonamides is 1. The Morgan fingerprint density at radius 2 is 2.10 bits per heavy atom. The van der Waals surface area contributed by atoms with Crippen LogP contribution in [0, 0.1) is 12.8 Å². The Kier molecular flexibility index (Phi) is 4.46. The lowest BCUT2D eigenvalue weighted by molar-refractivity contribution is 0.0163. The highest BCUT2D eigenvalue weighted by Gasteiger charge is 2.23. The molecule has 2 rings (SSSR count). The fourth-order valence-electron chi connectivity index (χ4n) is 2.03. The topological polar surface area (TPSA) is 109 Å². The van der Waals surface area contributed by atoms with Gasteiger partial charge in [0.2, 0.25) is 15.8 Å². The van der Waals surface area contributed by atoms with Gasteiger partial charge in [-0.25, -0.2) is 18.4 Å². The molecule has 2 heterocycles. The Hall–Kier alpha value is -1.38. The lowest BCUT2D eigenvalue weighted by atomic mass is 10.0. The van der Waals surface area contributed by atoms with Gasteiger partial charge < -0.3 is 13.9 Å². The van der Waals surface area contributed by atoms with Crippen molar-refractivity contribution in [1.29, 1.82) is 0 Å². The van der Waals surface area contributed by atoms with E-state index in [9.17, 15) is 13.2 Å². The molecule has 7 nitrogen and oxygen atoms in total. The second-order valence-corrected chi connectivity index (χ2v) is 6.26. The van der Waals surface area contributed by atoms with Crippen LogP contribution in [0.5, 0.6) is 0 Å². The SMILES string of the molecule is Cc1oc(C(=O)OCC2CCOCC2)cc1S(N)(=O)=O. The quantitative estimate of drug-likeness (QED) is 0.825. The van der Waals surface area contributed by atoms with Gasteiger partial charge in [0.25, 0.3) is 0 Å². The van der Waals surface area contributed by atoms with Crippen molar-refractivity contribution in [3.8, 4) is 0 Å². The summed E-state index contributed by atoms with van der Waals surface area (Å²) in [6.45, 7) is 3.02. The molecule has 1 aliphatic rings. The Labute approximate surface area is 117 Å². The van der Waals surface area contributed by atoms with Gasteiger partial charge in [-0.1, -0.05) is 0 Å².